The van der Waals surface area contributed by atoms with Gasteiger partial charge < -0.3 is 5.73 Å². The Morgan fingerprint density at radius 1 is 1.22 bits per heavy atom. The van der Waals surface area contributed by atoms with E-state index >= 15 is 0 Å². The van der Waals surface area contributed by atoms with Crippen molar-refractivity contribution in [1.82, 2.24) is 9.55 Å². The fraction of sp³-hybridized carbons (Fsp3) is 0.556. The van der Waals surface area contributed by atoms with E-state index < -0.39 is 0 Å². The minimum absolute atomic E-state index is 0. The summed E-state index contributed by atoms with van der Waals surface area (Å²) in [5, 5.41) is 0.714. The average Bonchev–Trinajstić information content (AvgIpc) is 2.86. The summed E-state index contributed by atoms with van der Waals surface area (Å²) in [5.41, 5.74) is 8.15. The van der Waals surface area contributed by atoms with E-state index in [1.807, 2.05) is 29.7 Å². The first-order chi connectivity index (χ1) is 10.6. The van der Waals surface area contributed by atoms with Crippen LogP contribution in [0.15, 0.2) is 23.0 Å². The zero-order chi connectivity index (χ0) is 15.3. The van der Waals surface area contributed by atoms with Gasteiger partial charge >= 0.3 is 0 Å². The van der Waals surface area contributed by atoms with E-state index in [1.165, 1.54) is 32.1 Å². The van der Waals surface area contributed by atoms with Gasteiger partial charge in [0.15, 0.2) is 0 Å². The number of rotatable bonds is 1. The standard InChI is InChI=1S/C18H23N3O.ClH/c1-12(19)13-6-5-7-14-15(13)20-17-18(8-3-2-4-9-18)10-11-21(17)16(14)22;/h5-7,12H,2-4,8-11,19H2,1H3;1H. The monoisotopic (exact) mass is 333 g/mol. The highest BCUT2D eigenvalue weighted by atomic mass is 35.5. The predicted molar refractivity (Wildman–Crippen MR) is 95.2 cm³/mol. The largest absolute Gasteiger partial charge is 0.324 e. The predicted octanol–water partition coefficient (Wildman–Crippen LogP) is 3.44. The molecule has 1 atom stereocenters. The highest BCUT2D eigenvalue weighted by Crippen LogP contribution is 2.45. The SMILES string of the molecule is CC(N)c1cccc2c(=O)n3c(nc12)C1(CCCCC1)CC3.Cl. The number of fused-ring (bicyclic) bond motifs is 3. The van der Waals surface area contributed by atoms with Crippen LogP contribution in [-0.4, -0.2) is 9.55 Å². The molecule has 1 aliphatic heterocycles. The quantitative estimate of drug-likeness (QED) is 0.869. The van der Waals surface area contributed by atoms with Gasteiger partial charge in [0.2, 0.25) is 0 Å². The van der Waals surface area contributed by atoms with E-state index in [4.69, 9.17) is 10.7 Å². The Morgan fingerprint density at radius 2 is 1.96 bits per heavy atom. The summed E-state index contributed by atoms with van der Waals surface area (Å²) in [6, 6.07) is 5.69. The molecule has 1 unspecified atom stereocenters. The molecule has 0 bridgehead atoms. The molecule has 0 amide bonds. The Bertz CT molecular complexity index is 791. The molecule has 1 aliphatic carbocycles. The average molecular weight is 334 g/mol. The van der Waals surface area contributed by atoms with Crippen molar-refractivity contribution in [2.45, 2.75) is 63.5 Å². The minimum atomic E-state index is -0.109. The van der Waals surface area contributed by atoms with Crippen LogP contribution >= 0.6 is 12.4 Å². The maximum absolute atomic E-state index is 12.9. The summed E-state index contributed by atoms with van der Waals surface area (Å²) < 4.78 is 1.93. The zero-order valence-electron chi connectivity index (χ0n) is 13.5. The van der Waals surface area contributed by atoms with Crippen molar-refractivity contribution in [3.05, 3.63) is 39.9 Å². The zero-order valence-corrected chi connectivity index (χ0v) is 14.4. The third kappa shape index (κ3) is 2.39. The molecule has 1 fully saturated rings. The smallest absolute Gasteiger partial charge is 0.261 e. The molecule has 2 aliphatic rings. The third-order valence-corrected chi connectivity index (χ3v) is 5.61. The Balaban J connectivity index is 0.00000156. The Kier molecular flexibility index (Phi) is 4.23. The van der Waals surface area contributed by atoms with Gasteiger partial charge in [-0.15, -0.1) is 12.4 Å². The van der Waals surface area contributed by atoms with Crippen molar-refractivity contribution in [3.8, 4) is 0 Å². The summed E-state index contributed by atoms with van der Waals surface area (Å²) >= 11 is 0. The summed E-state index contributed by atoms with van der Waals surface area (Å²) in [6.07, 6.45) is 7.23. The second-order valence-corrected chi connectivity index (χ2v) is 7.02. The fourth-order valence-corrected chi connectivity index (χ4v) is 4.39. The number of benzene rings is 1. The van der Waals surface area contributed by atoms with Crippen LogP contribution in [0.1, 0.15) is 62.9 Å². The number of aromatic nitrogens is 2. The first-order valence-corrected chi connectivity index (χ1v) is 8.42. The lowest BCUT2D eigenvalue weighted by Crippen LogP contribution is -2.31. The molecule has 2 N–H and O–H groups in total. The van der Waals surface area contributed by atoms with Gasteiger partial charge in [-0.3, -0.25) is 9.36 Å². The summed E-state index contributed by atoms with van der Waals surface area (Å²) in [5.74, 6) is 1.03. The molecule has 1 saturated carbocycles. The molecule has 1 aromatic heterocycles. The van der Waals surface area contributed by atoms with Crippen LogP contribution in [0, 0.1) is 0 Å². The highest BCUT2D eigenvalue weighted by molar-refractivity contribution is 5.85. The maximum Gasteiger partial charge on any atom is 0.261 e. The number of hydrogen-bond donors (Lipinski definition) is 1. The molecule has 0 saturated heterocycles. The molecule has 124 valence electrons. The molecule has 2 heterocycles. The number of hydrogen-bond acceptors (Lipinski definition) is 3. The van der Waals surface area contributed by atoms with Gasteiger partial charge in [0.05, 0.1) is 10.9 Å². The van der Waals surface area contributed by atoms with Crippen LogP contribution in [0.3, 0.4) is 0 Å². The lowest BCUT2D eigenvalue weighted by atomic mass is 9.72. The van der Waals surface area contributed by atoms with Crippen molar-refractivity contribution >= 4 is 23.3 Å². The van der Waals surface area contributed by atoms with Crippen LogP contribution in [0.5, 0.6) is 0 Å². The maximum atomic E-state index is 12.9. The van der Waals surface area contributed by atoms with Crippen LogP contribution in [0.4, 0.5) is 0 Å². The Hall–Kier alpha value is -1.39. The first kappa shape index (κ1) is 16.5. The molecule has 1 spiro atoms. The van der Waals surface area contributed by atoms with Gasteiger partial charge in [0.25, 0.3) is 5.56 Å². The number of nitrogens with zero attached hydrogens (tertiary/aromatic N) is 2. The second kappa shape index (κ2) is 5.91. The van der Waals surface area contributed by atoms with Gasteiger partial charge in [0, 0.05) is 18.0 Å². The van der Waals surface area contributed by atoms with E-state index in [0.717, 1.165) is 29.9 Å². The van der Waals surface area contributed by atoms with Crippen molar-refractivity contribution in [1.29, 1.82) is 0 Å². The van der Waals surface area contributed by atoms with E-state index in [2.05, 4.69) is 0 Å². The normalized spacial score (nSPS) is 20.3. The molecule has 0 radical (unpaired) electrons. The summed E-state index contributed by atoms with van der Waals surface area (Å²) in [4.78, 5) is 17.9. The van der Waals surface area contributed by atoms with Crippen LogP contribution in [0.25, 0.3) is 10.9 Å². The fourth-order valence-electron chi connectivity index (χ4n) is 4.39. The lowest BCUT2D eigenvalue weighted by Gasteiger charge is -2.32. The Morgan fingerprint density at radius 3 is 2.65 bits per heavy atom. The van der Waals surface area contributed by atoms with Crippen molar-refractivity contribution in [3.63, 3.8) is 0 Å². The lowest BCUT2D eigenvalue weighted by molar-refractivity contribution is 0.286. The molecule has 4 nitrogen and oxygen atoms in total. The molecule has 4 rings (SSSR count). The molecular formula is C18H24ClN3O. The van der Waals surface area contributed by atoms with Crippen molar-refractivity contribution in [2.75, 3.05) is 0 Å². The van der Waals surface area contributed by atoms with Crippen LogP contribution < -0.4 is 11.3 Å². The number of halogens is 1. The second-order valence-electron chi connectivity index (χ2n) is 7.02. The van der Waals surface area contributed by atoms with E-state index in [0.29, 0.717) is 5.39 Å². The van der Waals surface area contributed by atoms with Crippen LogP contribution in [-0.2, 0) is 12.0 Å². The number of nitrogens with two attached hydrogens (primary N) is 1. The van der Waals surface area contributed by atoms with Crippen molar-refractivity contribution < 1.29 is 0 Å². The molecule has 1 aromatic carbocycles. The number of para-hydroxylation sites is 1. The third-order valence-electron chi connectivity index (χ3n) is 5.61. The highest BCUT2D eigenvalue weighted by Gasteiger charge is 2.42. The summed E-state index contributed by atoms with van der Waals surface area (Å²) in [7, 11) is 0. The first-order valence-electron chi connectivity index (χ1n) is 8.42. The topological polar surface area (TPSA) is 60.9 Å². The molecule has 2 aromatic rings. The molecular weight excluding hydrogens is 310 g/mol. The summed E-state index contributed by atoms with van der Waals surface area (Å²) in [6.45, 7) is 2.77. The van der Waals surface area contributed by atoms with Crippen LogP contribution in [0.2, 0.25) is 0 Å². The van der Waals surface area contributed by atoms with Gasteiger partial charge in [-0.1, -0.05) is 31.4 Å². The van der Waals surface area contributed by atoms with E-state index in [-0.39, 0.29) is 29.4 Å². The molecule has 23 heavy (non-hydrogen) atoms. The van der Waals surface area contributed by atoms with Gasteiger partial charge in [-0.25, -0.2) is 4.98 Å². The van der Waals surface area contributed by atoms with E-state index in [1.54, 1.807) is 0 Å². The minimum Gasteiger partial charge on any atom is -0.324 e. The molecule has 5 heteroatoms. The van der Waals surface area contributed by atoms with Gasteiger partial charge in [-0.05, 0) is 37.8 Å². The van der Waals surface area contributed by atoms with Gasteiger partial charge in [0.1, 0.15) is 5.82 Å². The van der Waals surface area contributed by atoms with E-state index in [9.17, 15) is 4.79 Å². The van der Waals surface area contributed by atoms with Gasteiger partial charge in [-0.2, -0.15) is 0 Å². The van der Waals surface area contributed by atoms with Crippen molar-refractivity contribution in [2.24, 2.45) is 5.73 Å². The Labute approximate surface area is 142 Å².